The van der Waals surface area contributed by atoms with E-state index in [0.717, 1.165) is 38.5 Å². The third-order valence-corrected chi connectivity index (χ3v) is 8.02. The summed E-state index contributed by atoms with van der Waals surface area (Å²) in [5.41, 5.74) is 1.47. The van der Waals surface area contributed by atoms with Gasteiger partial charge >= 0.3 is 11.9 Å². The van der Waals surface area contributed by atoms with Crippen molar-refractivity contribution in [3.8, 4) is 0 Å². The zero-order valence-electron chi connectivity index (χ0n) is 20.0. The Bertz CT molecular complexity index is 671. The Morgan fingerprint density at radius 3 is 2.65 bits per heavy atom. The highest BCUT2D eigenvalue weighted by Gasteiger charge is 2.44. The second kappa shape index (κ2) is 10.5. The molecule has 1 heterocycles. The van der Waals surface area contributed by atoms with Gasteiger partial charge in [-0.25, -0.2) is 0 Å². The number of hydrogen-bond acceptors (Lipinski definition) is 5. The molecule has 2 aliphatic carbocycles. The van der Waals surface area contributed by atoms with Crippen LogP contribution in [0.2, 0.25) is 0 Å². The average Bonchev–Trinajstić information content (AvgIpc) is 2.82. The SMILES string of the molecule is CCC(C)C(=O)OC1CC(C)C=C2C(C)CCC(C)C(CCC3CC(O)CC(=O)O3)C21. The quantitative estimate of drug-likeness (QED) is 0.467. The zero-order valence-corrected chi connectivity index (χ0v) is 20.0. The van der Waals surface area contributed by atoms with Gasteiger partial charge in [-0.2, -0.15) is 0 Å². The lowest BCUT2D eigenvalue weighted by atomic mass is 9.67. The molecule has 9 atom stereocenters. The monoisotopic (exact) mass is 434 g/mol. The molecule has 0 radical (unpaired) electrons. The Kier molecular flexibility index (Phi) is 8.23. The van der Waals surface area contributed by atoms with Crippen LogP contribution in [0.1, 0.15) is 86.0 Å². The largest absolute Gasteiger partial charge is 0.462 e. The fourth-order valence-electron chi connectivity index (χ4n) is 5.93. The molecule has 5 heteroatoms. The Balaban J connectivity index is 1.81. The van der Waals surface area contributed by atoms with Crippen LogP contribution in [0.15, 0.2) is 11.6 Å². The zero-order chi connectivity index (χ0) is 22.7. The predicted molar refractivity (Wildman–Crippen MR) is 120 cm³/mol. The van der Waals surface area contributed by atoms with E-state index in [1.165, 1.54) is 5.57 Å². The summed E-state index contributed by atoms with van der Waals surface area (Å²) in [5, 5.41) is 9.98. The number of carbonyl (C=O) groups excluding carboxylic acids is 2. The van der Waals surface area contributed by atoms with Gasteiger partial charge < -0.3 is 14.6 Å². The van der Waals surface area contributed by atoms with Crippen LogP contribution in [0.5, 0.6) is 0 Å². The number of ether oxygens (including phenoxy) is 2. The predicted octanol–water partition coefficient (Wildman–Crippen LogP) is 5.06. The highest BCUT2D eigenvalue weighted by molar-refractivity contribution is 5.72. The molecule has 9 unspecified atom stereocenters. The molecule has 0 spiro atoms. The fraction of sp³-hybridized carbons (Fsp3) is 0.846. The van der Waals surface area contributed by atoms with Crippen LogP contribution in [0.4, 0.5) is 0 Å². The van der Waals surface area contributed by atoms with Crippen LogP contribution in [-0.4, -0.2) is 35.4 Å². The maximum absolute atomic E-state index is 12.7. The van der Waals surface area contributed by atoms with Crippen molar-refractivity contribution in [2.24, 2.45) is 35.5 Å². The first-order valence-electron chi connectivity index (χ1n) is 12.5. The van der Waals surface area contributed by atoms with Crippen molar-refractivity contribution in [2.75, 3.05) is 0 Å². The second-order valence-electron chi connectivity index (χ2n) is 10.6. The number of aliphatic hydroxyl groups is 1. The summed E-state index contributed by atoms with van der Waals surface area (Å²) >= 11 is 0. The normalized spacial score (nSPS) is 39.5. The molecule has 0 aromatic carbocycles. The number of rotatable bonds is 6. The fourth-order valence-corrected chi connectivity index (χ4v) is 5.93. The van der Waals surface area contributed by atoms with E-state index in [1.54, 1.807) is 0 Å². The van der Waals surface area contributed by atoms with Gasteiger partial charge in [0, 0.05) is 12.3 Å². The maximum atomic E-state index is 12.7. The van der Waals surface area contributed by atoms with Crippen LogP contribution in [0, 0.1) is 35.5 Å². The second-order valence-corrected chi connectivity index (χ2v) is 10.6. The molecule has 1 saturated heterocycles. The first-order valence-corrected chi connectivity index (χ1v) is 12.5. The Labute approximate surface area is 188 Å². The molecule has 0 bridgehead atoms. The van der Waals surface area contributed by atoms with E-state index in [1.807, 2.05) is 13.8 Å². The standard InChI is InChI=1S/C26H42O5/c1-6-16(3)26(29)31-23-12-15(2)11-22-18(5)8-7-17(4)21(25(22)23)10-9-20-13-19(27)14-24(28)30-20/h11,15-21,23,25,27H,6-10,12-14H2,1-5H3. The van der Waals surface area contributed by atoms with E-state index in [2.05, 4.69) is 26.8 Å². The van der Waals surface area contributed by atoms with Gasteiger partial charge in [0.25, 0.3) is 0 Å². The lowest BCUT2D eigenvalue weighted by Crippen LogP contribution is -2.41. The first kappa shape index (κ1) is 24.3. The van der Waals surface area contributed by atoms with Gasteiger partial charge in [0.2, 0.25) is 0 Å². The van der Waals surface area contributed by atoms with E-state index < -0.39 is 6.10 Å². The molecule has 0 aromatic heterocycles. The minimum Gasteiger partial charge on any atom is -0.462 e. The molecular formula is C26H42O5. The summed E-state index contributed by atoms with van der Waals surface area (Å²) < 4.78 is 11.7. The summed E-state index contributed by atoms with van der Waals surface area (Å²) in [6, 6.07) is 0. The van der Waals surface area contributed by atoms with Gasteiger partial charge in [0.15, 0.2) is 0 Å². The minimum absolute atomic E-state index is 0.0754. The molecule has 176 valence electrons. The molecule has 1 saturated carbocycles. The molecule has 0 amide bonds. The highest BCUT2D eigenvalue weighted by Crippen LogP contribution is 2.48. The number of hydrogen-bond donors (Lipinski definition) is 1. The smallest absolute Gasteiger partial charge is 0.308 e. The summed E-state index contributed by atoms with van der Waals surface area (Å²) in [5.74, 6) is 1.60. The maximum Gasteiger partial charge on any atom is 0.308 e. The number of fused-ring (bicyclic) bond motifs is 1. The molecule has 3 rings (SSSR count). The van der Waals surface area contributed by atoms with Crippen molar-refractivity contribution in [3.63, 3.8) is 0 Å². The van der Waals surface area contributed by atoms with E-state index in [-0.39, 0.29) is 42.4 Å². The van der Waals surface area contributed by atoms with Gasteiger partial charge in [-0.05, 0) is 62.2 Å². The number of cyclic esters (lactones) is 1. The van der Waals surface area contributed by atoms with Crippen molar-refractivity contribution >= 4 is 11.9 Å². The van der Waals surface area contributed by atoms with Crippen LogP contribution in [0.25, 0.3) is 0 Å². The molecular weight excluding hydrogens is 392 g/mol. The van der Waals surface area contributed by atoms with Crippen molar-refractivity contribution in [3.05, 3.63) is 11.6 Å². The summed E-state index contributed by atoms with van der Waals surface area (Å²) in [6.07, 6.45) is 7.88. The molecule has 1 N–H and O–H groups in total. The molecule has 5 nitrogen and oxygen atoms in total. The molecule has 0 aromatic rings. The lowest BCUT2D eigenvalue weighted by molar-refractivity contribution is -0.162. The molecule has 2 fully saturated rings. The first-order chi connectivity index (χ1) is 14.7. The van der Waals surface area contributed by atoms with Crippen molar-refractivity contribution in [2.45, 2.75) is 104 Å². The summed E-state index contributed by atoms with van der Waals surface area (Å²) in [7, 11) is 0. The van der Waals surface area contributed by atoms with Gasteiger partial charge in [-0.3, -0.25) is 9.59 Å². The number of allylic oxidation sites excluding steroid dienone is 1. The van der Waals surface area contributed by atoms with E-state index >= 15 is 0 Å². The van der Waals surface area contributed by atoms with E-state index in [0.29, 0.717) is 30.1 Å². The van der Waals surface area contributed by atoms with Gasteiger partial charge in [-0.1, -0.05) is 46.3 Å². The summed E-state index contributed by atoms with van der Waals surface area (Å²) in [6.45, 7) is 10.8. The minimum atomic E-state index is -0.590. The number of aliphatic hydroxyl groups excluding tert-OH is 1. The Morgan fingerprint density at radius 2 is 1.97 bits per heavy atom. The molecule has 3 aliphatic rings. The summed E-state index contributed by atoms with van der Waals surface area (Å²) in [4.78, 5) is 24.5. The topological polar surface area (TPSA) is 72.8 Å². The third kappa shape index (κ3) is 5.91. The van der Waals surface area contributed by atoms with E-state index in [9.17, 15) is 14.7 Å². The van der Waals surface area contributed by atoms with Crippen molar-refractivity contribution in [1.82, 2.24) is 0 Å². The molecule has 31 heavy (non-hydrogen) atoms. The highest BCUT2D eigenvalue weighted by atomic mass is 16.5. The van der Waals surface area contributed by atoms with Gasteiger partial charge in [0.05, 0.1) is 18.4 Å². The van der Waals surface area contributed by atoms with Crippen LogP contribution in [-0.2, 0) is 19.1 Å². The van der Waals surface area contributed by atoms with Crippen molar-refractivity contribution < 1.29 is 24.2 Å². The van der Waals surface area contributed by atoms with E-state index in [4.69, 9.17) is 9.47 Å². The molecule has 1 aliphatic heterocycles. The Hall–Kier alpha value is -1.36. The van der Waals surface area contributed by atoms with Gasteiger partial charge in [-0.15, -0.1) is 0 Å². The Morgan fingerprint density at radius 1 is 1.23 bits per heavy atom. The van der Waals surface area contributed by atoms with Crippen LogP contribution < -0.4 is 0 Å². The lowest BCUT2D eigenvalue weighted by Gasteiger charge is -2.42. The van der Waals surface area contributed by atoms with Gasteiger partial charge in [0.1, 0.15) is 12.2 Å². The number of carbonyl (C=O) groups is 2. The number of esters is 2. The van der Waals surface area contributed by atoms with Crippen LogP contribution >= 0.6 is 0 Å². The third-order valence-electron chi connectivity index (χ3n) is 8.02. The van der Waals surface area contributed by atoms with Crippen LogP contribution in [0.3, 0.4) is 0 Å². The average molecular weight is 435 g/mol. The van der Waals surface area contributed by atoms with Crippen molar-refractivity contribution in [1.29, 1.82) is 0 Å².